The molecule has 1 fully saturated rings. The number of ether oxygens (including phenoxy) is 1. The molecular weight excluding hydrogens is 194 g/mol. The van der Waals surface area contributed by atoms with E-state index >= 15 is 0 Å². The molecular formula is C11H19NO3. The Morgan fingerprint density at radius 2 is 1.93 bits per heavy atom. The van der Waals surface area contributed by atoms with Crippen molar-refractivity contribution in [3.8, 4) is 0 Å². The number of nitrogens with one attached hydrogen (secondary N) is 1. The second kappa shape index (κ2) is 3.59. The molecule has 0 bridgehead atoms. The molecule has 4 heteroatoms. The van der Waals surface area contributed by atoms with Gasteiger partial charge < -0.3 is 10.1 Å². The van der Waals surface area contributed by atoms with E-state index in [1.165, 1.54) is 7.11 Å². The molecule has 0 aromatic heterocycles. The largest absolute Gasteiger partial charge is 0.468 e. The fourth-order valence-corrected chi connectivity index (χ4v) is 2.47. The van der Waals surface area contributed by atoms with Gasteiger partial charge >= 0.3 is 5.97 Å². The van der Waals surface area contributed by atoms with E-state index in [4.69, 9.17) is 0 Å². The molecule has 1 heterocycles. The van der Waals surface area contributed by atoms with Crippen LogP contribution in [0, 0.1) is 5.92 Å². The number of methoxy groups -OCH3 is 1. The number of piperidine rings is 1. The first-order valence-electron chi connectivity index (χ1n) is 5.09. The lowest BCUT2D eigenvalue weighted by molar-refractivity contribution is -0.155. The Morgan fingerprint density at radius 3 is 2.33 bits per heavy atom. The molecule has 1 aliphatic rings. The summed E-state index contributed by atoms with van der Waals surface area (Å²) in [6, 6.07) is 0. The van der Waals surface area contributed by atoms with Crippen LogP contribution in [0.3, 0.4) is 0 Å². The van der Waals surface area contributed by atoms with Gasteiger partial charge in [0.2, 0.25) is 0 Å². The van der Waals surface area contributed by atoms with Crippen LogP contribution in [0.15, 0.2) is 0 Å². The van der Waals surface area contributed by atoms with Crippen molar-refractivity contribution in [2.45, 2.75) is 45.2 Å². The van der Waals surface area contributed by atoms with Crippen molar-refractivity contribution in [2.75, 3.05) is 7.11 Å². The summed E-state index contributed by atoms with van der Waals surface area (Å²) in [6.07, 6.45) is 0.357. The lowest BCUT2D eigenvalue weighted by Gasteiger charge is -2.45. The molecule has 1 aliphatic heterocycles. The fraction of sp³-hybridized carbons (Fsp3) is 0.818. The summed E-state index contributed by atoms with van der Waals surface area (Å²) in [5.74, 6) is -1.20. The van der Waals surface area contributed by atoms with Crippen molar-refractivity contribution in [3.63, 3.8) is 0 Å². The van der Waals surface area contributed by atoms with E-state index in [0.29, 0.717) is 6.42 Å². The SMILES string of the molecule is COC(=O)[C@@H]1C(=O)CC(C)(C)NC1(C)C. The van der Waals surface area contributed by atoms with Gasteiger partial charge in [0.25, 0.3) is 0 Å². The van der Waals surface area contributed by atoms with E-state index in [0.717, 1.165) is 0 Å². The summed E-state index contributed by atoms with van der Waals surface area (Å²) in [7, 11) is 1.31. The molecule has 86 valence electrons. The Hall–Kier alpha value is -0.900. The minimum absolute atomic E-state index is 0.0457. The smallest absolute Gasteiger partial charge is 0.318 e. The Kier molecular flexibility index (Phi) is 2.92. The third-order valence-electron chi connectivity index (χ3n) is 2.76. The molecule has 1 atom stereocenters. The van der Waals surface area contributed by atoms with Crippen LogP contribution >= 0.6 is 0 Å². The van der Waals surface area contributed by atoms with E-state index in [1.807, 2.05) is 27.7 Å². The van der Waals surface area contributed by atoms with E-state index in [2.05, 4.69) is 10.1 Å². The van der Waals surface area contributed by atoms with Crippen molar-refractivity contribution in [2.24, 2.45) is 5.92 Å². The molecule has 4 nitrogen and oxygen atoms in total. The number of hydrogen-bond donors (Lipinski definition) is 1. The van der Waals surface area contributed by atoms with Gasteiger partial charge in [-0.1, -0.05) is 0 Å². The second-order valence-electron chi connectivity index (χ2n) is 5.33. The maximum atomic E-state index is 11.9. The third kappa shape index (κ3) is 2.37. The molecule has 1 rings (SSSR count). The molecule has 0 spiro atoms. The van der Waals surface area contributed by atoms with Crippen molar-refractivity contribution >= 4 is 11.8 Å². The van der Waals surface area contributed by atoms with E-state index in [1.54, 1.807) is 0 Å². The number of carbonyl (C=O) groups excluding carboxylic acids is 2. The van der Waals surface area contributed by atoms with Crippen LogP contribution in [-0.4, -0.2) is 29.9 Å². The number of Topliss-reactive ketones (excluding diaryl/α,β-unsaturated/α-hetero) is 1. The average molecular weight is 213 g/mol. The molecule has 0 unspecified atom stereocenters. The quantitative estimate of drug-likeness (QED) is 0.519. The van der Waals surface area contributed by atoms with Gasteiger partial charge in [0.05, 0.1) is 7.11 Å². The lowest BCUT2D eigenvalue weighted by atomic mass is 9.74. The highest BCUT2D eigenvalue weighted by Gasteiger charge is 2.49. The highest BCUT2D eigenvalue weighted by atomic mass is 16.5. The third-order valence-corrected chi connectivity index (χ3v) is 2.76. The van der Waals surface area contributed by atoms with Crippen LogP contribution in [0.1, 0.15) is 34.1 Å². The monoisotopic (exact) mass is 213 g/mol. The average Bonchev–Trinajstić information content (AvgIpc) is 1.97. The summed E-state index contributed by atoms with van der Waals surface area (Å²) >= 11 is 0. The summed E-state index contributed by atoms with van der Waals surface area (Å²) in [5.41, 5.74) is -0.809. The lowest BCUT2D eigenvalue weighted by Crippen LogP contribution is -2.65. The highest BCUT2D eigenvalue weighted by molar-refractivity contribution is 6.01. The fourth-order valence-electron chi connectivity index (χ4n) is 2.47. The van der Waals surface area contributed by atoms with Crippen LogP contribution in [-0.2, 0) is 14.3 Å². The van der Waals surface area contributed by atoms with Crippen molar-refractivity contribution < 1.29 is 14.3 Å². The Balaban J connectivity index is 2.99. The minimum Gasteiger partial charge on any atom is -0.468 e. The topological polar surface area (TPSA) is 55.4 Å². The molecule has 0 aliphatic carbocycles. The zero-order valence-corrected chi connectivity index (χ0v) is 10.0. The Bertz CT molecular complexity index is 294. The van der Waals surface area contributed by atoms with Gasteiger partial charge in [0, 0.05) is 17.5 Å². The Morgan fingerprint density at radius 1 is 1.40 bits per heavy atom. The van der Waals surface area contributed by atoms with E-state index in [9.17, 15) is 9.59 Å². The van der Waals surface area contributed by atoms with Gasteiger partial charge in [-0.25, -0.2) is 0 Å². The zero-order valence-electron chi connectivity index (χ0n) is 10.0. The first-order chi connectivity index (χ1) is 6.69. The predicted octanol–water partition coefficient (Wildman–Crippen LogP) is 0.895. The molecule has 1 saturated heterocycles. The molecule has 0 aromatic rings. The standard InChI is InChI=1S/C11H19NO3/c1-10(2)6-7(13)8(9(14)15-5)11(3,4)12-10/h8,12H,6H2,1-5H3/t8-/m0/s1. The van der Waals surface area contributed by atoms with Gasteiger partial charge in [0.15, 0.2) is 5.78 Å². The molecule has 0 radical (unpaired) electrons. The zero-order chi connectivity index (χ0) is 11.9. The normalized spacial score (nSPS) is 28.6. The molecule has 1 N–H and O–H groups in total. The van der Waals surface area contributed by atoms with E-state index in [-0.39, 0.29) is 11.3 Å². The summed E-state index contributed by atoms with van der Waals surface area (Å²) in [5, 5.41) is 3.31. The van der Waals surface area contributed by atoms with Crippen LogP contribution in [0.4, 0.5) is 0 Å². The van der Waals surface area contributed by atoms with Crippen molar-refractivity contribution in [1.82, 2.24) is 5.32 Å². The van der Waals surface area contributed by atoms with Gasteiger partial charge in [0.1, 0.15) is 5.92 Å². The van der Waals surface area contributed by atoms with Gasteiger partial charge in [-0.15, -0.1) is 0 Å². The van der Waals surface area contributed by atoms with Gasteiger partial charge in [-0.3, -0.25) is 9.59 Å². The van der Waals surface area contributed by atoms with Crippen LogP contribution in [0.5, 0.6) is 0 Å². The van der Waals surface area contributed by atoms with Crippen molar-refractivity contribution in [3.05, 3.63) is 0 Å². The maximum Gasteiger partial charge on any atom is 0.318 e. The highest BCUT2D eigenvalue weighted by Crippen LogP contribution is 2.31. The first kappa shape index (κ1) is 12.2. The number of rotatable bonds is 1. The summed E-state index contributed by atoms with van der Waals surface area (Å²) < 4.78 is 4.66. The molecule has 0 saturated carbocycles. The summed E-state index contributed by atoms with van der Waals surface area (Å²) in [4.78, 5) is 23.4. The Labute approximate surface area is 90.4 Å². The summed E-state index contributed by atoms with van der Waals surface area (Å²) in [6.45, 7) is 7.63. The van der Waals surface area contributed by atoms with Gasteiger partial charge in [-0.2, -0.15) is 0 Å². The maximum absolute atomic E-state index is 11.9. The van der Waals surface area contributed by atoms with Crippen LogP contribution < -0.4 is 5.32 Å². The predicted molar refractivity (Wildman–Crippen MR) is 56.4 cm³/mol. The van der Waals surface area contributed by atoms with E-state index < -0.39 is 17.4 Å². The molecule has 0 amide bonds. The number of hydrogen-bond acceptors (Lipinski definition) is 4. The van der Waals surface area contributed by atoms with Gasteiger partial charge in [-0.05, 0) is 27.7 Å². The number of ketones is 1. The number of carbonyl (C=O) groups is 2. The number of esters is 1. The van der Waals surface area contributed by atoms with Crippen molar-refractivity contribution in [1.29, 1.82) is 0 Å². The van der Waals surface area contributed by atoms with Crippen LogP contribution in [0.25, 0.3) is 0 Å². The van der Waals surface area contributed by atoms with Crippen LogP contribution in [0.2, 0.25) is 0 Å². The first-order valence-corrected chi connectivity index (χ1v) is 5.09. The minimum atomic E-state index is -0.699. The second-order valence-corrected chi connectivity index (χ2v) is 5.33. The molecule has 0 aromatic carbocycles. The molecule has 15 heavy (non-hydrogen) atoms.